The van der Waals surface area contributed by atoms with E-state index in [-0.39, 0.29) is 11.3 Å². The number of hydrogen-bond donors (Lipinski definition) is 2. The SMILES string of the molecule is C#Cc1cnn(C[C@@](C)(O)[C@H]2CC[C@@H](C)[C@H]3[C@@H]4CC[C@@H]5C[C@](C)(O)CC[C@@H]5[C@H]4CC[C@@]32C)c1. The Bertz CT molecular complexity index is 911. The Hall–Kier alpha value is -1.31. The average Bonchev–Trinajstić information content (AvgIpc) is 3.18. The van der Waals surface area contributed by atoms with Gasteiger partial charge in [0, 0.05) is 6.20 Å². The van der Waals surface area contributed by atoms with Gasteiger partial charge in [-0.3, -0.25) is 4.68 Å². The van der Waals surface area contributed by atoms with Gasteiger partial charge in [0.2, 0.25) is 0 Å². The molecule has 0 amide bonds. The van der Waals surface area contributed by atoms with E-state index >= 15 is 0 Å². The zero-order valence-electron chi connectivity index (χ0n) is 21.1. The number of hydrogen-bond acceptors (Lipinski definition) is 3. The third-order valence-electron chi connectivity index (χ3n) is 10.9. The molecule has 4 fully saturated rings. The van der Waals surface area contributed by atoms with Gasteiger partial charge in [-0.25, -0.2) is 0 Å². The maximum absolute atomic E-state index is 11.9. The summed E-state index contributed by atoms with van der Waals surface area (Å²) in [6, 6.07) is 0. The standard InChI is InChI=1S/C29H44N2O2/c1-6-20-16-30-31(17-20)18-29(5,33)25-10-7-19(2)26-24-9-8-21-15-27(3,32)13-11-22(21)23(24)12-14-28(25,26)4/h1,16-17,19,21-26,32-33H,7-15,18H2,2-5H3/t19-,21-,22+,23-,24-,25+,26+,27-,28-,29-/m1/s1. The minimum Gasteiger partial charge on any atom is -0.390 e. The predicted molar refractivity (Wildman–Crippen MR) is 131 cm³/mol. The highest BCUT2D eigenvalue weighted by Gasteiger charge is 2.60. The molecule has 0 spiro atoms. The zero-order valence-corrected chi connectivity index (χ0v) is 21.1. The molecule has 2 N–H and O–H groups in total. The number of aromatic nitrogens is 2. The molecule has 4 saturated carbocycles. The topological polar surface area (TPSA) is 58.3 Å². The summed E-state index contributed by atoms with van der Waals surface area (Å²) in [5.74, 6) is 7.43. The maximum atomic E-state index is 11.9. The Morgan fingerprint density at radius 1 is 1.12 bits per heavy atom. The number of rotatable bonds is 3. The molecule has 4 heteroatoms. The van der Waals surface area contributed by atoms with E-state index in [2.05, 4.69) is 31.8 Å². The largest absolute Gasteiger partial charge is 0.390 e. The Kier molecular flexibility index (Phi) is 5.77. The van der Waals surface area contributed by atoms with Crippen molar-refractivity contribution >= 4 is 0 Å². The van der Waals surface area contributed by atoms with Crippen molar-refractivity contribution in [3.05, 3.63) is 18.0 Å². The summed E-state index contributed by atoms with van der Waals surface area (Å²) in [7, 11) is 0. The minimum absolute atomic E-state index is 0.164. The quantitative estimate of drug-likeness (QED) is 0.614. The first kappa shape index (κ1) is 23.4. The molecule has 182 valence electrons. The predicted octanol–water partition coefficient (Wildman–Crippen LogP) is 5.27. The van der Waals surface area contributed by atoms with Crippen LogP contribution in [0.1, 0.15) is 91.0 Å². The molecule has 5 rings (SSSR count). The van der Waals surface area contributed by atoms with Gasteiger partial charge in [-0.1, -0.05) is 26.2 Å². The van der Waals surface area contributed by atoms with Crippen LogP contribution in [0.15, 0.2) is 12.4 Å². The first-order valence-corrected chi connectivity index (χ1v) is 13.5. The van der Waals surface area contributed by atoms with E-state index in [0.717, 1.165) is 48.5 Å². The second-order valence-electron chi connectivity index (χ2n) is 13.2. The van der Waals surface area contributed by atoms with Crippen LogP contribution in [0.5, 0.6) is 0 Å². The smallest absolute Gasteiger partial charge is 0.0848 e. The number of aliphatic hydroxyl groups is 2. The molecule has 0 saturated heterocycles. The molecule has 0 bridgehead atoms. The molecule has 4 nitrogen and oxygen atoms in total. The summed E-state index contributed by atoms with van der Waals surface area (Å²) in [6.07, 6.45) is 19.7. The second kappa shape index (κ2) is 8.13. The molecule has 1 heterocycles. The molecule has 0 aliphatic heterocycles. The third-order valence-corrected chi connectivity index (χ3v) is 10.9. The first-order chi connectivity index (χ1) is 15.5. The Balaban J connectivity index is 1.39. The highest BCUT2D eigenvalue weighted by atomic mass is 16.3. The lowest BCUT2D eigenvalue weighted by Crippen LogP contribution is -2.60. The van der Waals surface area contributed by atoms with Gasteiger partial charge in [0.1, 0.15) is 0 Å². The lowest BCUT2D eigenvalue weighted by molar-refractivity contribution is -0.184. The van der Waals surface area contributed by atoms with Gasteiger partial charge in [-0.15, -0.1) is 6.42 Å². The van der Waals surface area contributed by atoms with Crippen LogP contribution < -0.4 is 0 Å². The summed E-state index contributed by atoms with van der Waals surface area (Å²) >= 11 is 0. The van der Waals surface area contributed by atoms with Crippen molar-refractivity contribution in [3.63, 3.8) is 0 Å². The van der Waals surface area contributed by atoms with Gasteiger partial charge >= 0.3 is 0 Å². The molecule has 1 aromatic heterocycles. The normalized spacial score (nSPS) is 46.9. The number of fused-ring (bicyclic) bond motifs is 5. The maximum Gasteiger partial charge on any atom is 0.0848 e. The number of nitrogens with zero attached hydrogens (tertiary/aromatic N) is 2. The van der Waals surface area contributed by atoms with E-state index in [9.17, 15) is 10.2 Å². The summed E-state index contributed by atoms with van der Waals surface area (Å²) in [5, 5.41) is 27.0. The van der Waals surface area contributed by atoms with Crippen LogP contribution in [-0.4, -0.2) is 31.2 Å². The van der Waals surface area contributed by atoms with E-state index in [1.807, 2.05) is 17.8 Å². The van der Waals surface area contributed by atoms with Crippen LogP contribution in [-0.2, 0) is 6.54 Å². The molecule has 4 aliphatic rings. The van der Waals surface area contributed by atoms with E-state index in [0.29, 0.717) is 18.4 Å². The highest BCUT2D eigenvalue weighted by molar-refractivity contribution is 5.26. The Morgan fingerprint density at radius 2 is 1.88 bits per heavy atom. The van der Waals surface area contributed by atoms with Crippen molar-refractivity contribution in [2.75, 3.05) is 0 Å². The highest BCUT2D eigenvalue weighted by Crippen LogP contribution is 2.65. The van der Waals surface area contributed by atoms with Crippen LogP contribution >= 0.6 is 0 Å². The van der Waals surface area contributed by atoms with Crippen LogP contribution in [0.4, 0.5) is 0 Å². The third kappa shape index (κ3) is 3.98. The van der Waals surface area contributed by atoms with Crippen LogP contribution in [0.25, 0.3) is 0 Å². The second-order valence-corrected chi connectivity index (χ2v) is 13.2. The summed E-state index contributed by atoms with van der Waals surface area (Å²) in [6.45, 7) is 9.59. The van der Waals surface area contributed by atoms with E-state index in [1.54, 1.807) is 6.20 Å². The van der Waals surface area contributed by atoms with Gasteiger partial charge in [0.05, 0.1) is 29.5 Å². The van der Waals surface area contributed by atoms with Crippen LogP contribution in [0.2, 0.25) is 0 Å². The molecule has 10 atom stereocenters. The van der Waals surface area contributed by atoms with E-state index in [4.69, 9.17) is 6.42 Å². The lowest BCUT2D eigenvalue weighted by atomic mass is 9.41. The Labute approximate surface area is 200 Å². The van der Waals surface area contributed by atoms with Gasteiger partial charge in [0.25, 0.3) is 0 Å². The van der Waals surface area contributed by atoms with Crippen LogP contribution in [0, 0.1) is 59.2 Å². The van der Waals surface area contributed by atoms with Gasteiger partial charge in [-0.05, 0) is 112 Å². The molecular weight excluding hydrogens is 408 g/mol. The fraction of sp³-hybridized carbons (Fsp3) is 0.828. The van der Waals surface area contributed by atoms with Crippen molar-refractivity contribution in [3.8, 4) is 12.3 Å². The molecule has 0 radical (unpaired) electrons. The zero-order chi connectivity index (χ0) is 23.6. The summed E-state index contributed by atoms with van der Waals surface area (Å²) in [4.78, 5) is 0. The fourth-order valence-corrected chi connectivity index (χ4v) is 9.76. The summed E-state index contributed by atoms with van der Waals surface area (Å²) in [5.41, 5.74) is -0.322. The van der Waals surface area contributed by atoms with Crippen molar-refractivity contribution in [1.29, 1.82) is 0 Å². The van der Waals surface area contributed by atoms with E-state index in [1.165, 1.54) is 38.5 Å². The van der Waals surface area contributed by atoms with Gasteiger partial charge < -0.3 is 10.2 Å². The Morgan fingerprint density at radius 3 is 2.61 bits per heavy atom. The average molecular weight is 453 g/mol. The van der Waals surface area contributed by atoms with Crippen molar-refractivity contribution in [2.24, 2.45) is 46.8 Å². The van der Waals surface area contributed by atoms with Crippen molar-refractivity contribution in [2.45, 2.75) is 103 Å². The van der Waals surface area contributed by atoms with Crippen LogP contribution in [0.3, 0.4) is 0 Å². The molecule has 33 heavy (non-hydrogen) atoms. The number of terminal acetylenes is 1. The fourth-order valence-electron chi connectivity index (χ4n) is 9.76. The molecule has 0 aromatic carbocycles. The van der Waals surface area contributed by atoms with E-state index < -0.39 is 11.2 Å². The minimum atomic E-state index is -0.807. The van der Waals surface area contributed by atoms with Crippen molar-refractivity contribution in [1.82, 2.24) is 9.78 Å². The summed E-state index contributed by atoms with van der Waals surface area (Å²) < 4.78 is 1.84. The lowest BCUT2D eigenvalue weighted by Gasteiger charge is -2.64. The molecule has 4 aliphatic carbocycles. The molecule has 0 unspecified atom stereocenters. The first-order valence-electron chi connectivity index (χ1n) is 13.5. The monoisotopic (exact) mass is 452 g/mol. The van der Waals surface area contributed by atoms with Gasteiger partial charge in [0.15, 0.2) is 0 Å². The molecular formula is C29H44N2O2. The van der Waals surface area contributed by atoms with Crippen molar-refractivity contribution < 1.29 is 10.2 Å². The molecule has 1 aromatic rings. The van der Waals surface area contributed by atoms with Gasteiger partial charge in [-0.2, -0.15) is 5.10 Å².